The third-order valence-electron chi connectivity index (χ3n) is 3.94. The van der Waals surface area contributed by atoms with Gasteiger partial charge in [0.1, 0.15) is 12.1 Å². The number of piperazine rings is 1. The van der Waals surface area contributed by atoms with Crippen LogP contribution < -0.4 is 5.32 Å². The predicted octanol–water partition coefficient (Wildman–Crippen LogP) is 1.61. The first-order chi connectivity index (χ1) is 8.69. The fourth-order valence-corrected chi connectivity index (χ4v) is 2.91. The first kappa shape index (κ1) is 13.1. The number of hydrogen-bond donors (Lipinski definition) is 1. The van der Waals surface area contributed by atoms with Gasteiger partial charge in [0.2, 0.25) is 11.8 Å². The molecule has 0 aromatic rings. The van der Waals surface area contributed by atoms with Crippen LogP contribution in [0, 0.1) is 0 Å². The number of rotatable bonds is 3. The molecule has 18 heavy (non-hydrogen) atoms. The normalized spacial score (nSPS) is 32.6. The Labute approximate surface area is 108 Å². The van der Waals surface area contributed by atoms with Crippen molar-refractivity contribution in [2.24, 2.45) is 0 Å². The molecular formula is C14H22N2O2. The van der Waals surface area contributed by atoms with Crippen molar-refractivity contribution >= 4 is 11.8 Å². The smallest absolute Gasteiger partial charge is 0.246 e. The summed E-state index contributed by atoms with van der Waals surface area (Å²) in [5, 5.41) is 2.84. The highest BCUT2D eigenvalue weighted by Gasteiger charge is 2.41. The van der Waals surface area contributed by atoms with Crippen LogP contribution in [0.1, 0.15) is 46.0 Å². The zero-order chi connectivity index (χ0) is 13.1. The number of carbonyl (C=O) groups excluding carboxylic acids is 2. The zero-order valence-corrected chi connectivity index (χ0v) is 11.2. The highest BCUT2D eigenvalue weighted by molar-refractivity contribution is 5.97. The van der Waals surface area contributed by atoms with E-state index in [0.717, 1.165) is 19.3 Å². The van der Waals surface area contributed by atoms with Crippen LogP contribution in [-0.4, -0.2) is 34.8 Å². The van der Waals surface area contributed by atoms with E-state index in [1.165, 1.54) is 0 Å². The van der Waals surface area contributed by atoms with Crippen LogP contribution in [0.2, 0.25) is 0 Å². The first-order valence-corrected chi connectivity index (χ1v) is 6.96. The topological polar surface area (TPSA) is 49.4 Å². The van der Waals surface area contributed by atoms with Gasteiger partial charge in [0, 0.05) is 6.04 Å². The van der Waals surface area contributed by atoms with Crippen molar-refractivity contribution in [3.63, 3.8) is 0 Å². The minimum Gasteiger partial charge on any atom is -0.343 e. The van der Waals surface area contributed by atoms with Crippen molar-refractivity contribution in [3.8, 4) is 0 Å². The molecule has 0 saturated carbocycles. The number of carbonyl (C=O) groups is 2. The third kappa shape index (κ3) is 2.28. The Kier molecular flexibility index (Phi) is 4.04. The van der Waals surface area contributed by atoms with Crippen molar-refractivity contribution in [1.82, 2.24) is 10.2 Å². The maximum Gasteiger partial charge on any atom is 0.246 e. The SMILES string of the molecule is CCC1NC(=O)C(CC)N(C2CC=CCC2)C1=O. The predicted molar refractivity (Wildman–Crippen MR) is 69.9 cm³/mol. The minimum absolute atomic E-state index is 0.0125. The lowest BCUT2D eigenvalue weighted by Crippen LogP contribution is -2.65. The lowest BCUT2D eigenvalue weighted by molar-refractivity contribution is -0.152. The summed E-state index contributed by atoms with van der Waals surface area (Å²) in [6.45, 7) is 3.91. The van der Waals surface area contributed by atoms with Gasteiger partial charge in [-0.3, -0.25) is 9.59 Å². The lowest BCUT2D eigenvalue weighted by atomic mass is 9.94. The highest BCUT2D eigenvalue weighted by Crippen LogP contribution is 2.25. The van der Waals surface area contributed by atoms with E-state index in [4.69, 9.17) is 0 Å². The molecule has 1 aliphatic heterocycles. The Bertz CT molecular complexity index is 365. The van der Waals surface area contributed by atoms with Crippen LogP contribution >= 0.6 is 0 Å². The van der Waals surface area contributed by atoms with Crippen LogP contribution in [0.3, 0.4) is 0 Å². The van der Waals surface area contributed by atoms with Gasteiger partial charge in [0.15, 0.2) is 0 Å². The maximum absolute atomic E-state index is 12.5. The van der Waals surface area contributed by atoms with Gasteiger partial charge >= 0.3 is 0 Å². The Morgan fingerprint density at radius 3 is 2.61 bits per heavy atom. The average molecular weight is 250 g/mol. The summed E-state index contributed by atoms with van der Waals surface area (Å²) in [7, 11) is 0. The van der Waals surface area contributed by atoms with E-state index in [9.17, 15) is 9.59 Å². The maximum atomic E-state index is 12.5. The summed E-state index contributed by atoms with van der Waals surface area (Å²) in [5.74, 6) is 0.114. The van der Waals surface area contributed by atoms with Gasteiger partial charge in [-0.05, 0) is 32.1 Å². The summed E-state index contributed by atoms with van der Waals surface area (Å²) >= 11 is 0. The molecule has 0 aromatic carbocycles. The molecule has 0 aromatic heterocycles. The lowest BCUT2D eigenvalue weighted by Gasteiger charge is -2.43. The second-order valence-corrected chi connectivity index (χ2v) is 5.08. The van der Waals surface area contributed by atoms with Crippen LogP contribution in [0.5, 0.6) is 0 Å². The van der Waals surface area contributed by atoms with Gasteiger partial charge in [-0.25, -0.2) is 0 Å². The Balaban J connectivity index is 2.22. The van der Waals surface area contributed by atoms with Crippen molar-refractivity contribution in [3.05, 3.63) is 12.2 Å². The van der Waals surface area contributed by atoms with Crippen LogP contribution in [-0.2, 0) is 9.59 Å². The van der Waals surface area contributed by atoms with E-state index in [-0.39, 0.29) is 29.9 Å². The largest absolute Gasteiger partial charge is 0.343 e. The summed E-state index contributed by atoms with van der Waals surface area (Å²) in [5.41, 5.74) is 0. The fraction of sp³-hybridized carbons (Fsp3) is 0.714. The molecule has 3 unspecified atom stereocenters. The monoisotopic (exact) mass is 250 g/mol. The van der Waals surface area contributed by atoms with Crippen molar-refractivity contribution in [2.75, 3.05) is 0 Å². The minimum atomic E-state index is -0.328. The number of amides is 2. The zero-order valence-electron chi connectivity index (χ0n) is 11.2. The molecule has 2 rings (SSSR count). The second-order valence-electron chi connectivity index (χ2n) is 5.08. The molecule has 1 heterocycles. The molecule has 4 nitrogen and oxygen atoms in total. The highest BCUT2D eigenvalue weighted by atomic mass is 16.2. The van der Waals surface area contributed by atoms with Gasteiger partial charge in [0.05, 0.1) is 0 Å². The molecule has 0 bridgehead atoms. The van der Waals surface area contributed by atoms with Crippen molar-refractivity contribution < 1.29 is 9.59 Å². The quantitative estimate of drug-likeness (QED) is 0.774. The second kappa shape index (κ2) is 5.55. The number of nitrogens with zero attached hydrogens (tertiary/aromatic N) is 1. The standard InChI is InChI=1S/C14H22N2O2/c1-3-11-14(18)16(10-8-6-5-7-9-10)12(4-2)13(17)15-11/h5-6,10-12H,3-4,7-9H2,1-2H3,(H,15,17). The van der Waals surface area contributed by atoms with E-state index in [1.807, 2.05) is 18.7 Å². The van der Waals surface area contributed by atoms with Gasteiger partial charge in [-0.1, -0.05) is 26.0 Å². The van der Waals surface area contributed by atoms with Crippen LogP contribution in [0.15, 0.2) is 12.2 Å². The Hall–Kier alpha value is -1.32. The molecule has 1 aliphatic carbocycles. The summed E-state index contributed by atoms with van der Waals surface area (Å²) in [6, 6.07) is -0.407. The van der Waals surface area contributed by atoms with Crippen LogP contribution in [0.4, 0.5) is 0 Å². The molecule has 3 atom stereocenters. The Morgan fingerprint density at radius 2 is 2.06 bits per heavy atom. The van der Waals surface area contributed by atoms with Gasteiger partial charge < -0.3 is 10.2 Å². The molecule has 2 amide bonds. The molecule has 100 valence electrons. The molecule has 1 fully saturated rings. The average Bonchev–Trinajstić information content (AvgIpc) is 2.41. The van der Waals surface area contributed by atoms with Crippen molar-refractivity contribution in [1.29, 1.82) is 0 Å². The number of allylic oxidation sites excluding steroid dienone is 1. The molecule has 0 radical (unpaired) electrons. The van der Waals surface area contributed by atoms with E-state index < -0.39 is 0 Å². The molecule has 0 spiro atoms. The molecule has 4 heteroatoms. The van der Waals surface area contributed by atoms with Crippen molar-refractivity contribution in [2.45, 2.75) is 64.1 Å². The number of nitrogens with one attached hydrogen (secondary N) is 1. The van der Waals surface area contributed by atoms with Crippen LogP contribution in [0.25, 0.3) is 0 Å². The summed E-state index contributed by atoms with van der Waals surface area (Å²) < 4.78 is 0. The molecule has 1 saturated heterocycles. The van der Waals surface area contributed by atoms with Gasteiger partial charge in [-0.2, -0.15) is 0 Å². The van der Waals surface area contributed by atoms with E-state index >= 15 is 0 Å². The number of hydrogen-bond acceptors (Lipinski definition) is 2. The van der Waals surface area contributed by atoms with E-state index in [2.05, 4.69) is 17.5 Å². The molecule has 1 N–H and O–H groups in total. The first-order valence-electron chi connectivity index (χ1n) is 6.96. The summed E-state index contributed by atoms with van der Waals surface area (Å²) in [6.07, 6.45) is 8.50. The molecule has 2 aliphatic rings. The fourth-order valence-electron chi connectivity index (χ4n) is 2.91. The van der Waals surface area contributed by atoms with E-state index in [1.54, 1.807) is 0 Å². The van der Waals surface area contributed by atoms with Gasteiger partial charge in [-0.15, -0.1) is 0 Å². The van der Waals surface area contributed by atoms with E-state index in [0.29, 0.717) is 12.8 Å². The third-order valence-corrected chi connectivity index (χ3v) is 3.94. The Morgan fingerprint density at radius 1 is 1.28 bits per heavy atom. The summed E-state index contributed by atoms with van der Waals surface area (Å²) in [4.78, 5) is 26.4. The molecular weight excluding hydrogens is 228 g/mol. The van der Waals surface area contributed by atoms with Gasteiger partial charge in [0.25, 0.3) is 0 Å².